The predicted octanol–water partition coefficient (Wildman–Crippen LogP) is 7.53. The van der Waals surface area contributed by atoms with Crippen LogP contribution in [-0.2, 0) is 11.3 Å². The quantitative estimate of drug-likeness (QED) is 0.131. The average Bonchev–Trinajstić information content (AvgIpc) is 2.97. The van der Waals surface area contributed by atoms with Crippen LogP contribution in [0.15, 0.2) is 108 Å². The summed E-state index contributed by atoms with van der Waals surface area (Å²) < 4.78 is 12.1. The highest BCUT2D eigenvalue weighted by Crippen LogP contribution is 2.38. The standard InChI is InChI=1S/C33H25ClN4O3/c1-20-7-5-9-22(17-20)19-40-25-14-12-23(13-15-25)28(33-36-29-21(2)8-6-11-26(29)32(34)37-33)31-30(38-39)27(41-31)18-24-10-3-4-16-35-24/h3-18,39H,19H2,1-2H3/b27-18-,31-28-,38-30+. The topological polar surface area (TPSA) is 89.7 Å². The fourth-order valence-corrected chi connectivity index (χ4v) is 4.88. The molecule has 2 aromatic heterocycles. The molecule has 1 aliphatic rings. The van der Waals surface area contributed by atoms with Gasteiger partial charge in [0.2, 0.25) is 0 Å². The molecule has 41 heavy (non-hydrogen) atoms. The SMILES string of the molecule is Cc1cccc(COc2ccc(/C(=C3/OC(=C\c4ccccn4)/C3=N\O)c3nc(Cl)c4cccc(C)c4n3)cc2)c1. The van der Waals surface area contributed by atoms with Crippen molar-refractivity contribution in [2.45, 2.75) is 20.5 Å². The Morgan fingerprint density at radius 3 is 2.56 bits per heavy atom. The Kier molecular flexibility index (Phi) is 7.18. The Bertz CT molecular complexity index is 1850. The molecule has 202 valence electrons. The molecule has 0 spiro atoms. The van der Waals surface area contributed by atoms with Gasteiger partial charge < -0.3 is 14.7 Å². The summed E-state index contributed by atoms with van der Waals surface area (Å²) in [5, 5.41) is 14.6. The number of nitrogens with zero attached hydrogens (tertiary/aromatic N) is 4. The molecule has 0 unspecified atom stereocenters. The number of oxime groups is 1. The zero-order valence-electron chi connectivity index (χ0n) is 22.4. The highest BCUT2D eigenvalue weighted by molar-refractivity contribution is 6.34. The van der Waals surface area contributed by atoms with Crippen LogP contribution in [-0.4, -0.2) is 25.9 Å². The molecule has 7 nitrogen and oxygen atoms in total. The normalized spacial score (nSPS) is 16.0. The van der Waals surface area contributed by atoms with Gasteiger partial charge in [-0.3, -0.25) is 4.98 Å². The minimum Gasteiger partial charge on any atom is -0.489 e. The molecule has 0 atom stereocenters. The third-order valence-corrected chi connectivity index (χ3v) is 6.98. The molecule has 1 fully saturated rings. The maximum absolute atomic E-state index is 9.99. The first kappa shape index (κ1) is 26.2. The summed E-state index contributed by atoms with van der Waals surface area (Å²) in [6, 6.07) is 27.0. The Morgan fingerprint density at radius 2 is 1.80 bits per heavy atom. The lowest BCUT2D eigenvalue weighted by atomic mass is 9.97. The maximum atomic E-state index is 9.99. The van der Waals surface area contributed by atoms with Crippen LogP contribution >= 0.6 is 11.6 Å². The lowest BCUT2D eigenvalue weighted by molar-refractivity contribution is 0.276. The smallest absolute Gasteiger partial charge is 0.188 e. The van der Waals surface area contributed by atoms with E-state index in [0.29, 0.717) is 46.1 Å². The third-order valence-electron chi connectivity index (χ3n) is 6.69. The number of hydrogen-bond donors (Lipinski definition) is 1. The van der Waals surface area contributed by atoms with E-state index >= 15 is 0 Å². The summed E-state index contributed by atoms with van der Waals surface area (Å²) in [6.07, 6.45) is 3.38. The number of rotatable bonds is 6. The van der Waals surface area contributed by atoms with E-state index in [9.17, 15) is 5.21 Å². The molecule has 5 aromatic rings. The van der Waals surface area contributed by atoms with Gasteiger partial charge in [-0.05, 0) is 60.9 Å². The molecule has 0 radical (unpaired) electrons. The van der Waals surface area contributed by atoms with E-state index in [2.05, 4.69) is 34.2 Å². The Morgan fingerprint density at radius 1 is 0.976 bits per heavy atom. The number of aromatic nitrogens is 3. The number of ether oxygens (including phenoxy) is 2. The van der Waals surface area contributed by atoms with Gasteiger partial charge in [-0.1, -0.05) is 76.9 Å². The van der Waals surface area contributed by atoms with Gasteiger partial charge in [0.1, 0.15) is 17.5 Å². The predicted molar refractivity (Wildman–Crippen MR) is 160 cm³/mol. The van der Waals surface area contributed by atoms with Crippen molar-refractivity contribution in [1.29, 1.82) is 0 Å². The summed E-state index contributed by atoms with van der Waals surface area (Å²) in [5.41, 5.74) is 6.15. The van der Waals surface area contributed by atoms with Crippen LogP contribution in [0.3, 0.4) is 0 Å². The Labute approximate surface area is 242 Å². The van der Waals surface area contributed by atoms with Gasteiger partial charge in [-0.25, -0.2) is 9.97 Å². The van der Waals surface area contributed by atoms with Gasteiger partial charge in [0.25, 0.3) is 0 Å². The number of aryl methyl sites for hydroxylation is 2. The maximum Gasteiger partial charge on any atom is 0.188 e. The van der Waals surface area contributed by atoms with Crippen LogP contribution in [0, 0.1) is 13.8 Å². The number of hydrogen-bond acceptors (Lipinski definition) is 7. The van der Waals surface area contributed by atoms with Crippen molar-refractivity contribution >= 4 is 39.9 Å². The monoisotopic (exact) mass is 560 g/mol. The largest absolute Gasteiger partial charge is 0.489 e. The van der Waals surface area contributed by atoms with E-state index in [1.54, 1.807) is 12.3 Å². The second-order valence-corrected chi connectivity index (χ2v) is 9.99. The lowest BCUT2D eigenvalue weighted by Gasteiger charge is -2.27. The molecule has 0 amide bonds. The van der Waals surface area contributed by atoms with Gasteiger partial charge in [-0.2, -0.15) is 0 Å². The van der Waals surface area contributed by atoms with E-state index in [-0.39, 0.29) is 5.71 Å². The van der Waals surface area contributed by atoms with Gasteiger partial charge in [0.15, 0.2) is 23.1 Å². The first-order valence-electron chi connectivity index (χ1n) is 13.0. The summed E-state index contributed by atoms with van der Waals surface area (Å²) >= 11 is 6.64. The van der Waals surface area contributed by atoms with Crippen LogP contribution < -0.4 is 4.74 Å². The van der Waals surface area contributed by atoms with Gasteiger partial charge >= 0.3 is 0 Å². The van der Waals surface area contributed by atoms with Crippen LogP contribution in [0.25, 0.3) is 22.6 Å². The summed E-state index contributed by atoms with van der Waals surface area (Å²) in [4.78, 5) is 13.8. The second kappa shape index (κ2) is 11.2. The highest BCUT2D eigenvalue weighted by Gasteiger charge is 2.35. The molecule has 0 bridgehead atoms. The second-order valence-electron chi connectivity index (χ2n) is 9.63. The molecular weight excluding hydrogens is 536 g/mol. The Balaban J connectivity index is 1.41. The zero-order chi connectivity index (χ0) is 28.3. The van der Waals surface area contributed by atoms with E-state index in [0.717, 1.165) is 27.6 Å². The zero-order valence-corrected chi connectivity index (χ0v) is 23.1. The number of pyridine rings is 1. The minimum absolute atomic E-state index is 0.259. The molecule has 3 heterocycles. The average molecular weight is 561 g/mol. The van der Waals surface area contributed by atoms with Crippen LogP contribution in [0.1, 0.15) is 33.8 Å². The van der Waals surface area contributed by atoms with Crippen molar-refractivity contribution in [3.8, 4) is 5.75 Å². The molecule has 0 saturated carbocycles. The van der Waals surface area contributed by atoms with E-state index < -0.39 is 0 Å². The third kappa shape index (κ3) is 5.40. The summed E-state index contributed by atoms with van der Waals surface area (Å²) in [5.74, 6) is 1.75. The fourth-order valence-electron chi connectivity index (χ4n) is 4.65. The number of benzene rings is 3. The van der Waals surface area contributed by atoms with E-state index in [4.69, 9.17) is 26.1 Å². The molecule has 0 aliphatic carbocycles. The van der Waals surface area contributed by atoms with Crippen molar-refractivity contribution in [3.05, 3.63) is 142 Å². The minimum atomic E-state index is 0.259. The fraction of sp³-hybridized carbons (Fsp3) is 0.0909. The number of para-hydroxylation sites is 1. The molecule has 1 aliphatic heterocycles. The summed E-state index contributed by atoms with van der Waals surface area (Å²) in [6.45, 7) is 4.47. The highest BCUT2D eigenvalue weighted by atomic mass is 35.5. The molecular formula is C33H25ClN4O3. The van der Waals surface area contributed by atoms with E-state index in [1.165, 1.54) is 5.56 Å². The van der Waals surface area contributed by atoms with Crippen LogP contribution in [0.2, 0.25) is 5.15 Å². The van der Waals surface area contributed by atoms with Crippen molar-refractivity contribution in [3.63, 3.8) is 0 Å². The molecule has 3 aromatic carbocycles. The first-order valence-corrected chi connectivity index (χ1v) is 13.4. The lowest BCUT2D eigenvalue weighted by Crippen LogP contribution is -2.25. The van der Waals surface area contributed by atoms with Crippen LogP contribution in [0.4, 0.5) is 0 Å². The first-order chi connectivity index (χ1) is 20.0. The number of halogens is 1. The van der Waals surface area contributed by atoms with Gasteiger partial charge in [0.05, 0.1) is 16.8 Å². The van der Waals surface area contributed by atoms with Crippen molar-refractivity contribution in [1.82, 2.24) is 15.0 Å². The molecule has 6 rings (SSSR count). The molecule has 1 N–H and O–H groups in total. The van der Waals surface area contributed by atoms with Crippen molar-refractivity contribution in [2.75, 3.05) is 0 Å². The Hall–Kier alpha value is -5.01. The van der Waals surface area contributed by atoms with Gasteiger partial charge in [0, 0.05) is 17.7 Å². The van der Waals surface area contributed by atoms with Crippen LogP contribution in [0.5, 0.6) is 5.75 Å². The molecule has 1 saturated heterocycles. The van der Waals surface area contributed by atoms with E-state index in [1.807, 2.05) is 79.7 Å². The molecule has 8 heteroatoms. The number of fused-ring (bicyclic) bond motifs is 1. The van der Waals surface area contributed by atoms with Crippen molar-refractivity contribution < 1.29 is 14.7 Å². The summed E-state index contributed by atoms with van der Waals surface area (Å²) in [7, 11) is 0. The van der Waals surface area contributed by atoms with Crippen molar-refractivity contribution in [2.24, 2.45) is 5.16 Å². The van der Waals surface area contributed by atoms with Gasteiger partial charge in [-0.15, -0.1) is 0 Å².